The minimum Gasteiger partial charge on any atom is -0.454 e. The van der Waals surface area contributed by atoms with Crippen molar-refractivity contribution in [2.24, 2.45) is 0 Å². The van der Waals surface area contributed by atoms with Crippen LogP contribution in [-0.4, -0.2) is 12.5 Å². The number of benzene rings is 1. The van der Waals surface area contributed by atoms with E-state index in [1.165, 1.54) is 4.90 Å². The average molecular weight is 182 g/mol. The molecule has 3 heteroatoms. The summed E-state index contributed by atoms with van der Waals surface area (Å²) >= 11 is 1.81. The number of rotatable bonds is 2. The molecule has 0 spiro atoms. The summed E-state index contributed by atoms with van der Waals surface area (Å²) in [4.78, 5) is 1.24. The van der Waals surface area contributed by atoms with Gasteiger partial charge in [0.2, 0.25) is 6.79 Å². The largest absolute Gasteiger partial charge is 0.454 e. The topological polar surface area (TPSA) is 18.5 Å². The van der Waals surface area contributed by atoms with E-state index in [1.54, 1.807) is 11.8 Å². The zero-order chi connectivity index (χ0) is 8.39. The van der Waals surface area contributed by atoms with Gasteiger partial charge in [0.15, 0.2) is 11.5 Å². The van der Waals surface area contributed by atoms with E-state index in [2.05, 4.69) is 13.0 Å². The van der Waals surface area contributed by atoms with Crippen LogP contribution in [0.5, 0.6) is 11.5 Å². The van der Waals surface area contributed by atoms with E-state index in [1.807, 2.05) is 12.1 Å². The van der Waals surface area contributed by atoms with Gasteiger partial charge in [0.1, 0.15) is 0 Å². The van der Waals surface area contributed by atoms with Crippen LogP contribution in [0.3, 0.4) is 0 Å². The maximum Gasteiger partial charge on any atom is 0.231 e. The summed E-state index contributed by atoms with van der Waals surface area (Å²) in [5.74, 6) is 2.81. The molecule has 0 aromatic heterocycles. The van der Waals surface area contributed by atoms with Crippen LogP contribution >= 0.6 is 11.8 Å². The predicted molar refractivity (Wildman–Crippen MR) is 49.0 cm³/mol. The van der Waals surface area contributed by atoms with Gasteiger partial charge in [0.05, 0.1) is 0 Å². The lowest BCUT2D eigenvalue weighted by Gasteiger charge is -1.99. The second kappa shape index (κ2) is 3.27. The Morgan fingerprint density at radius 3 is 3.00 bits per heavy atom. The molecule has 2 nitrogen and oxygen atoms in total. The summed E-state index contributed by atoms with van der Waals surface area (Å²) in [6, 6.07) is 6.04. The molecule has 0 fully saturated rings. The predicted octanol–water partition coefficient (Wildman–Crippen LogP) is 2.53. The molecule has 2 rings (SSSR count). The first-order chi connectivity index (χ1) is 5.90. The summed E-state index contributed by atoms with van der Waals surface area (Å²) in [7, 11) is 0. The second-order valence-electron chi connectivity index (χ2n) is 2.45. The third-order valence-corrected chi connectivity index (χ3v) is 2.53. The van der Waals surface area contributed by atoms with Gasteiger partial charge in [-0.3, -0.25) is 0 Å². The first-order valence-electron chi connectivity index (χ1n) is 3.92. The van der Waals surface area contributed by atoms with Gasteiger partial charge < -0.3 is 9.47 Å². The number of hydrogen-bond acceptors (Lipinski definition) is 3. The van der Waals surface area contributed by atoms with Crippen molar-refractivity contribution < 1.29 is 9.47 Å². The van der Waals surface area contributed by atoms with Gasteiger partial charge in [-0.05, 0) is 24.0 Å². The summed E-state index contributed by atoms with van der Waals surface area (Å²) in [6.45, 7) is 2.49. The van der Waals surface area contributed by atoms with Crippen LogP contribution in [0.2, 0.25) is 0 Å². The van der Waals surface area contributed by atoms with Crippen molar-refractivity contribution in [1.29, 1.82) is 0 Å². The van der Waals surface area contributed by atoms with Gasteiger partial charge in [-0.25, -0.2) is 0 Å². The van der Waals surface area contributed by atoms with Crippen molar-refractivity contribution in [2.45, 2.75) is 11.8 Å². The van der Waals surface area contributed by atoms with Crippen LogP contribution in [0.1, 0.15) is 6.92 Å². The fraction of sp³-hybridized carbons (Fsp3) is 0.333. The maximum absolute atomic E-state index is 5.25. The first kappa shape index (κ1) is 7.80. The summed E-state index contributed by atoms with van der Waals surface area (Å²) in [5.41, 5.74) is 0. The van der Waals surface area contributed by atoms with Crippen molar-refractivity contribution >= 4 is 11.8 Å². The Balaban J connectivity index is 2.26. The molecule has 0 saturated heterocycles. The molecule has 1 aromatic rings. The molecule has 1 aromatic carbocycles. The molecule has 0 aliphatic carbocycles. The molecule has 1 aliphatic rings. The lowest BCUT2D eigenvalue weighted by molar-refractivity contribution is 0.174. The highest BCUT2D eigenvalue weighted by atomic mass is 32.2. The molecule has 0 saturated carbocycles. The van der Waals surface area contributed by atoms with Crippen LogP contribution in [0.25, 0.3) is 0 Å². The minimum absolute atomic E-state index is 0.357. The van der Waals surface area contributed by atoms with Crippen molar-refractivity contribution in [3.8, 4) is 11.5 Å². The summed E-state index contributed by atoms with van der Waals surface area (Å²) in [6.07, 6.45) is 0. The minimum atomic E-state index is 0.357. The van der Waals surface area contributed by atoms with E-state index in [0.717, 1.165) is 17.3 Å². The third-order valence-electron chi connectivity index (χ3n) is 1.66. The SMILES string of the molecule is CCSc1ccc2c(c1)OCO2. The highest BCUT2D eigenvalue weighted by Crippen LogP contribution is 2.35. The maximum atomic E-state index is 5.25. The number of ether oxygens (including phenoxy) is 2. The van der Waals surface area contributed by atoms with Gasteiger partial charge in [0.25, 0.3) is 0 Å². The van der Waals surface area contributed by atoms with E-state index in [-0.39, 0.29) is 0 Å². The normalized spacial score (nSPS) is 13.4. The van der Waals surface area contributed by atoms with E-state index in [0.29, 0.717) is 6.79 Å². The third kappa shape index (κ3) is 1.37. The van der Waals surface area contributed by atoms with Crippen molar-refractivity contribution in [2.75, 3.05) is 12.5 Å². The molecule has 1 aliphatic heterocycles. The molecule has 0 bridgehead atoms. The number of fused-ring (bicyclic) bond motifs is 1. The van der Waals surface area contributed by atoms with E-state index in [9.17, 15) is 0 Å². The molecule has 0 N–H and O–H groups in total. The van der Waals surface area contributed by atoms with Crippen molar-refractivity contribution in [3.05, 3.63) is 18.2 Å². The Morgan fingerprint density at radius 2 is 2.17 bits per heavy atom. The van der Waals surface area contributed by atoms with Gasteiger partial charge in [0, 0.05) is 4.90 Å². The van der Waals surface area contributed by atoms with Gasteiger partial charge in [-0.2, -0.15) is 0 Å². The zero-order valence-electron chi connectivity index (χ0n) is 6.87. The van der Waals surface area contributed by atoms with Crippen LogP contribution in [0.4, 0.5) is 0 Å². The van der Waals surface area contributed by atoms with Gasteiger partial charge >= 0.3 is 0 Å². The highest BCUT2D eigenvalue weighted by Gasteiger charge is 2.12. The van der Waals surface area contributed by atoms with Crippen molar-refractivity contribution in [1.82, 2.24) is 0 Å². The Hall–Kier alpha value is -0.830. The fourth-order valence-corrected chi connectivity index (χ4v) is 1.82. The Labute approximate surface area is 75.9 Å². The van der Waals surface area contributed by atoms with Gasteiger partial charge in [-0.1, -0.05) is 6.92 Å². The van der Waals surface area contributed by atoms with E-state index >= 15 is 0 Å². The van der Waals surface area contributed by atoms with Crippen molar-refractivity contribution in [3.63, 3.8) is 0 Å². The molecule has 1 heterocycles. The van der Waals surface area contributed by atoms with Crippen LogP contribution in [0, 0.1) is 0 Å². The number of thioether (sulfide) groups is 1. The van der Waals surface area contributed by atoms with E-state index < -0.39 is 0 Å². The zero-order valence-corrected chi connectivity index (χ0v) is 7.69. The standard InChI is InChI=1S/C9H10O2S/c1-2-12-7-3-4-8-9(5-7)11-6-10-8/h3-5H,2,6H2,1H3. The molecule has 0 radical (unpaired) electrons. The average Bonchev–Trinajstić information content (AvgIpc) is 2.51. The quantitative estimate of drug-likeness (QED) is 0.655. The Morgan fingerprint density at radius 1 is 1.33 bits per heavy atom. The first-order valence-corrected chi connectivity index (χ1v) is 4.91. The molecule has 12 heavy (non-hydrogen) atoms. The highest BCUT2D eigenvalue weighted by molar-refractivity contribution is 7.99. The summed E-state index contributed by atoms with van der Waals surface area (Å²) < 4.78 is 10.4. The van der Waals surface area contributed by atoms with E-state index in [4.69, 9.17) is 9.47 Å². The van der Waals surface area contributed by atoms with Crippen LogP contribution in [-0.2, 0) is 0 Å². The molecular formula is C9H10O2S. The van der Waals surface area contributed by atoms with Gasteiger partial charge in [-0.15, -0.1) is 11.8 Å². The summed E-state index contributed by atoms with van der Waals surface area (Å²) in [5, 5.41) is 0. The lowest BCUT2D eigenvalue weighted by Crippen LogP contribution is -1.92. The lowest BCUT2D eigenvalue weighted by atomic mass is 10.3. The monoisotopic (exact) mass is 182 g/mol. The smallest absolute Gasteiger partial charge is 0.231 e. The fourth-order valence-electron chi connectivity index (χ4n) is 1.13. The Bertz CT molecular complexity index is 286. The number of hydrogen-bond donors (Lipinski definition) is 0. The Kier molecular flexibility index (Phi) is 2.13. The molecule has 0 amide bonds. The molecular weight excluding hydrogens is 172 g/mol. The molecule has 64 valence electrons. The molecule has 0 unspecified atom stereocenters. The second-order valence-corrected chi connectivity index (χ2v) is 3.79. The molecule has 0 atom stereocenters. The van der Waals surface area contributed by atoms with Crippen LogP contribution in [0.15, 0.2) is 23.1 Å². The van der Waals surface area contributed by atoms with Crippen LogP contribution < -0.4 is 9.47 Å².